The molecule has 0 bridgehead atoms. The van der Waals surface area contributed by atoms with E-state index in [0.29, 0.717) is 28.1 Å². The molecule has 0 aromatic heterocycles. The van der Waals surface area contributed by atoms with E-state index in [4.69, 9.17) is 33.7 Å². The molecule has 1 aromatic carbocycles. The first-order chi connectivity index (χ1) is 9.53. The van der Waals surface area contributed by atoms with Gasteiger partial charge in [-0.2, -0.15) is 0 Å². The van der Waals surface area contributed by atoms with Crippen LogP contribution in [0.5, 0.6) is 5.75 Å². The van der Waals surface area contributed by atoms with Gasteiger partial charge in [-0.25, -0.2) is 4.79 Å². The first kappa shape index (κ1) is 16.5. The Morgan fingerprint density at radius 1 is 1.45 bits per heavy atom. The fourth-order valence-electron chi connectivity index (χ4n) is 1.42. The maximum atomic E-state index is 11.6. The number of thiocarbonyl (C=S) groups is 1. The number of carbonyl (C=O) groups is 1. The Morgan fingerprint density at radius 3 is 2.70 bits per heavy atom. The van der Waals surface area contributed by atoms with Gasteiger partial charge in [0.25, 0.3) is 0 Å². The molecule has 0 unspecified atom stereocenters. The molecule has 3 N–H and O–H groups in total. The number of ether oxygens (including phenoxy) is 2. The molecule has 0 saturated heterocycles. The third-order valence-electron chi connectivity index (χ3n) is 2.34. The second-order valence-electron chi connectivity index (χ2n) is 3.63. The van der Waals surface area contributed by atoms with Gasteiger partial charge in [-0.15, -0.1) is 0 Å². The van der Waals surface area contributed by atoms with Gasteiger partial charge in [0.15, 0.2) is 5.11 Å². The highest BCUT2D eigenvalue weighted by Crippen LogP contribution is 2.31. The zero-order valence-electron chi connectivity index (χ0n) is 11.0. The largest absolute Gasteiger partial charge is 0.496 e. The lowest BCUT2D eigenvalue weighted by molar-refractivity contribution is 0.0597. The van der Waals surface area contributed by atoms with Gasteiger partial charge in [-0.3, -0.25) is 0 Å². The monoisotopic (exact) mass is 318 g/mol. The molecule has 0 aliphatic rings. The van der Waals surface area contributed by atoms with E-state index in [1.807, 2.05) is 0 Å². The van der Waals surface area contributed by atoms with Gasteiger partial charge in [0.2, 0.25) is 0 Å². The highest BCUT2D eigenvalue weighted by atomic mass is 35.5. The molecule has 0 radical (unpaired) electrons. The standard InChI is InChI=1S/C12H15ClN2O4S/c1-18-10-6-9(15-12(20)14-3-4-16)8(13)5-7(10)11(17)19-2/h5-6,16H,3-4H2,1-2H3,(H2,14,15,20). The van der Waals surface area contributed by atoms with Crippen LogP contribution in [0.2, 0.25) is 5.02 Å². The van der Waals surface area contributed by atoms with Gasteiger partial charge >= 0.3 is 5.97 Å². The number of carbonyl (C=O) groups excluding carboxylic acids is 1. The van der Waals surface area contributed by atoms with Crippen molar-refractivity contribution >= 4 is 40.6 Å². The highest BCUT2D eigenvalue weighted by molar-refractivity contribution is 7.80. The summed E-state index contributed by atoms with van der Waals surface area (Å²) in [6.45, 7) is 0.279. The van der Waals surface area contributed by atoms with E-state index < -0.39 is 5.97 Å². The summed E-state index contributed by atoms with van der Waals surface area (Å²) in [5, 5.41) is 14.9. The summed E-state index contributed by atoms with van der Waals surface area (Å²) >= 11 is 11.1. The topological polar surface area (TPSA) is 79.8 Å². The Morgan fingerprint density at radius 2 is 2.15 bits per heavy atom. The van der Waals surface area contributed by atoms with E-state index in [9.17, 15) is 4.79 Å². The number of anilines is 1. The molecule has 1 aromatic rings. The summed E-state index contributed by atoms with van der Waals surface area (Å²) in [4.78, 5) is 11.6. The van der Waals surface area contributed by atoms with Crippen molar-refractivity contribution in [2.45, 2.75) is 0 Å². The number of halogens is 1. The minimum absolute atomic E-state index is 0.0415. The van der Waals surface area contributed by atoms with Crippen molar-refractivity contribution in [2.75, 3.05) is 32.7 Å². The van der Waals surface area contributed by atoms with Crippen LogP contribution in [-0.2, 0) is 4.74 Å². The van der Waals surface area contributed by atoms with Gasteiger partial charge in [-0.05, 0) is 18.3 Å². The molecule has 8 heteroatoms. The van der Waals surface area contributed by atoms with E-state index in [-0.39, 0.29) is 12.2 Å². The smallest absolute Gasteiger partial charge is 0.341 e. The Kier molecular flexibility index (Phi) is 6.50. The van der Waals surface area contributed by atoms with E-state index in [1.54, 1.807) is 6.07 Å². The summed E-state index contributed by atoms with van der Waals surface area (Å²) < 4.78 is 9.77. The average molecular weight is 319 g/mol. The van der Waals surface area contributed by atoms with Gasteiger partial charge < -0.3 is 25.2 Å². The second-order valence-corrected chi connectivity index (χ2v) is 4.44. The van der Waals surface area contributed by atoms with E-state index in [0.717, 1.165) is 0 Å². The number of rotatable bonds is 5. The molecular formula is C12H15ClN2O4S. The van der Waals surface area contributed by atoms with Crippen molar-refractivity contribution in [2.24, 2.45) is 0 Å². The van der Waals surface area contributed by atoms with E-state index in [2.05, 4.69) is 15.4 Å². The minimum atomic E-state index is -0.545. The number of methoxy groups -OCH3 is 2. The molecular weight excluding hydrogens is 304 g/mol. The molecule has 6 nitrogen and oxygen atoms in total. The number of aliphatic hydroxyl groups excluding tert-OH is 1. The molecule has 110 valence electrons. The lowest BCUT2D eigenvalue weighted by atomic mass is 10.2. The maximum Gasteiger partial charge on any atom is 0.341 e. The van der Waals surface area contributed by atoms with Crippen LogP contribution in [0, 0.1) is 0 Å². The number of benzene rings is 1. The van der Waals surface area contributed by atoms with Gasteiger partial charge in [0.05, 0.1) is 31.5 Å². The fourth-order valence-corrected chi connectivity index (χ4v) is 1.85. The molecule has 20 heavy (non-hydrogen) atoms. The summed E-state index contributed by atoms with van der Waals surface area (Å²) in [6.07, 6.45) is 0. The third kappa shape index (κ3) is 4.22. The van der Waals surface area contributed by atoms with E-state index in [1.165, 1.54) is 20.3 Å². The van der Waals surface area contributed by atoms with E-state index >= 15 is 0 Å². The molecule has 0 heterocycles. The van der Waals surface area contributed by atoms with Crippen molar-refractivity contribution in [3.05, 3.63) is 22.7 Å². The van der Waals surface area contributed by atoms with Crippen molar-refractivity contribution in [1.82, 2.24) is 5.32 Å². The Bertz CT molecular complexity index is 510. The average Bonchev–Trinajstić information content (AvgIpc) is 2.45. The van der Waals surface area contributed by atoms with Crippen molar-refractivity contribution in [3.8, 4) is 5.75 Å². The second kappa shape index (κ2) is 7.88. The van der Waals surface area contributed by atoms with Crippen LogP contribution in [0.4, 0.5) is 5.69 Å². The fraction of sp³-hybridized carbons (Fsp3) is 0.333. The molecule has 0 atom stereocenters. The summed E-state index contributed by atoms with van der Waals surface area (Å²) in [6, 6.07) is 2.98. The number of esters is 1. The van der Waals surface area contributed by atoms with Gasteiger partial charge in [0.1, 0.15) is 11.3 Å². The lowest BCUT2D eigenvalue weighted by Gasteiger charge is -2.14. The molecule has 0 saturated carbocycles. The number of nitrogens with one attached hydrogen (secondary N) is 2. The van der Waals surface area contributed by atoms with Crippen LogP contribution in [0.15, 0.2) is 12.1 Å². The first-order valence-electron chi connectivity index (χ1n) is 5.65. The zero-order chi connectivity index (χ0) is 15.1. The SMILES string of the molecule is COC(=O)c1cc(Cl)c(NC(=S)NCCO)cc1OC. The summed E-state index contributed by atoms with van der Waals surface area (Å²) in [5.74, 6) is -0.231. The van der Waals surface area contributed by atoms with Crippen molar-refractivity contribution < 1.29 is 19.4 Å². The van der Waals surface area contributed by atoms with Crippen LogP contribution < -0.4 is 15.4 Å². The molecule has 0 aliphatic carbocycles. The number of aliphatic hydroxyl groups is 1. The number of hydrogen-bond acceptors (Lipinski definition) is 5. The molecule has 1 rings (SSSR count). The van der Waals surface area contributed by atoms with Gasteiger partial charge in [-0.1, -0.05) is 11.6 Å². The van der Waals surface area contributed by atoms with Crippen molar-refractivity contribution in [3.63, 3.8) is 0 Å². The Hall–Kier alpha value is -1.57. The number of hydrogen-bond donors (Lipinski definition) is 3. The van der Waals surface area contributed by atoms with Crippen LogP contribution in [0.1, 0.15) is 10.4 Å². The Balaban J connectivity index is 2.99. The van der Waals surface area contributed by atoms with Crippen LogP contribution >= 0.6 is 23.8 Å². The lowest BCUT2D eigenvalue weighted by Crippen LogP contribution is -2.30. The van der Waals surface area contributed by atoms with Crippen molar-refractivity contribution in [1.29, 1.82) is 0 Å². The molecule has 0 spiro atoms. The quantitative estimate of drug-likeness (QED) is 0.559. The zero-order valence-corrected chi connectivity index (χ0v) is 12.6. The van der Waals surface area contributed by atoms with Crippen LogP contribution in [-0.4, -0.2) is 43.6 Å². The molecule has 0 amide bonds. The minimum Gasteiger partial charge on any atom is -0.496 e. The summed E-state index contributed by atoms with van der Waals surface area (Å²) in [7, 11) is 2.71. The van der Waals surface area contributed by atoms with Gasteiger partial charge in [0, 0.05) is 12.6 Å². The maximum absolute atomic E-state index is 11.6. The summed E-state index contributed by atoms with van der Waals surface area (Å²) in [5.41, 5.74) is 0.700. The molecule has 0 fully saturated rings. The molecule has 0 aliphatic heterocycles. The predicted molar refractivity (Wildman–Crippen MR) is 80.7 cm³/mol. The first-order valence-corrected chi connectivity index (χ1v) is 6.43. The highest BCUT2D eigenvalue weighted by Gasteiger charge is 2.16. The van der Waals surface area contributed by atoms with Crippen LogP contribution in [0.25, 0.3) is 0 Å². The predicted octanol–water partition coefficient (Wildman–Crippen LogP) is 1.41. The van der Waals surface area contributed by atoms with Crippen LogP contribution in [0.3, 0.4) is 0 Å². The Labute approximate surface area is 127 Å². The third-order valence-corrected chi connectivity index (χ3v) is 2.90. The normalized spacial score (nSPS) is 9.80.